The van der Waals surface area contributed by atoms with Crippen LogP contribution in [-0.4, -0.2) is 63.4 Å². The molecule has 0 atom stereocenters. The molecule has 0 saturated heterocycles. The molecule has 0 spiro atoms. The van der Waals surface area contributed by atoms with Crippen LogP contribution >= 0.6 is 35.3 Å². The van der Waals surface area contributed by atoms with Gasteiger partial charge >= 0.3 is 0 Å². The molecule has 162 valence electrons. The summed E-state index contributed by atoms with van der Waals surface area (Å²) in [5.41, 5.74) is 1.14. The largest absolute Gasteiger partial charge is 0.492 e. The molecule has 1 aromatic carbocycles. The highest BCUT2D eigenvalue weighted by Gasteiger charge is 2.03. The molecule has 0 unspecified atom stereocenters. The Hall–Kier alpha value is -1.43. The number of rotatable bonds is 11. The van der Waals surface area contributed by atoms with E-state index in [4.69, 9.17) is 9.47 Å². The number of benzene rings is 1. The van der Waals surface area contributed by atoms with E-state index in [-0.39, 0.29) is 24.0 Å². The topological polar surface area (TPSA) is 71.0 Å². The molecule has 1 heterocycles. The zero-order chi connectivity index (χ0) is 20.2. The highest BCUT2D eigenvalue weighted by molar-refractivity contribution is 14.0. The van der Waals surface area contributed by atoms with Crippen molar-refractivity contribution in [2.45, 2.75) is 20.0 Å². The molecule has 0 saturated carbocycles. The molecule has 0 bridgehead atoms. The minimum atomic E-state index is 0. The normalized spacial score (nSPS) is 11.3. The van der Waals surface area contributed by atoms with Crippen LogP contribution in [-0.2, 0) is 17.8 Å². The molecule has 0 aliphatic carbocycles. The summed E-state index contributed by atoms with van der Waals surface area (Å²) in [6, 6.07) is 8.12. The zero-order valence-corrected chi connectivity index (χ0v) is 20.8. The van der Waals surface area contributed by atoms with E-state index in [1.165, 1.54) is 4.88 Å². The summed E-state index contributed by atoms with van der Waals surface area (Å²) >= 11 is 1.69. The SMILES string of the molecule is CN=C(NCc1cccc(OCCN(C)CCOC)c1)NCc1ncc(C)s1.I. The molecule has 2 rings (SSSR count). The molecule has 0 aliphatic heterocycles. The predicted octanol–water partition coefficient (Wildman–Crippen LogP) is 2.89. The Bertz CT molecular complexity index is 741. The van der Waals surface area contributed by atoms with Crippen LogP contribution in [0.5, 0.6) is 5.75 Å². The Kier molecular flexibility index (Phi) is 12.8. The van der Waals surface area contributed by atoms with E-state index >= 15 is 0 Å². The summed E-state index contributed by atoms with van der Waals surface area (Å²) in [6.45, 7) is 6.53. The van der Waals surface area contributed by atoms with Crippen LogP contribution in [0.3, 0.4) is 0 Å². The average molecular weight is 533 g/mol. The lowest BCUT2D eigenvalue weighted by atomic mass is 10.2. The maximum Gasteiger partial charge on any atom is 0.191 e. The van der Waals surface area contributed by atoms with Gasteiger partial charge in [0.2, 0.25) is 0 Å². The fraction of sp³-hybridized carbons (Fsp3) is 0.500. The van der Waals surface area contributed by atoms with E-state index in [0.717, 1.165) is 42.0 Å². The molecule has 2 aromatic rings. The van der Waals surface area contributed by atoms with E-state index in [1.807, 2.05) is 18.3 Å². The van der Waals surface area contributed by atoms with Crippen LogP contribution in [0.2, 0.25) is 0 Å². The zero-order valence-electron chi connectivity index (χ0n) is 17.6. The van der Waals surface area contributed by atoms with Gasteiger partial charge < -0.3 is 25.0 Å². The minimum absolute atomic E-state index is 0. The number of hydrogen-bond acceptors (Lipinski definition) is 6. The third kappa shape index (κ3) is 10.2. The first-order valence-electron chi connectivity index (χ1n) is 9.35. The Morgan fingerprint density at radius 1 is 1.21 bits per heavy atom. The number of likely N-dealkylation sites (N-methyl/N-ethyl adjacent to an activating group) is 1. The highest BCUT2D eigenvalue weighted by Crippen LogP contribution is 2.13. The van der Waals surface area contributed by atoms with Gasteiger partial charge in [-0.2, -0.15) is 0 Å². The van der Waals surface area contributed by atoms with Gasteiger partial charge in [0.15, 0.2) is 5.96 Å². The van der Waals surface area contributed by atoms with Crippen LogP contribution in [0.4, 0.5) is 0 Å². The van der Waals surface area contributed by atoms with E-state index in [0.29, 0.717) is 19.7 Å². The molecule has 0 radical (unpaired) electrons. The second kappa shape index (κ2) is 14.5. The van der Waals surface area contributed by atoms with Gasteiger partial charge in [-0.05, 0) is 31.7 Å². The number of nitrogens with zero attached hydrogens (tertiary/aromatic N) is 3. The number of methoxy groups -OCH3 is 1. The van der Waals surface area contributed by atoms with Crippen molar-refractivity contribution in [3.8, 4) is 5.75 Å². The first kappa shape index (κ1) is 25.6. The second-order valence-corrected chi connectivity index (χ2v) is 7.76. The molecule has 0 fully saturated rings. The summed E-state index contributed by atoms with van der Waals surface area (Å²) in [4.78, 5) is 12.0. The fourth-order valence-corrected chi connectivity index (χ4v) is 3.20. The highest BCUT2D eigenvalue weighted by atomic mass is 127. The lowest BCUT2D eigenvalue weighted by Crippen LogP contribution is -2.36. The van der Waals surface area contributed by atoms with Crippen molar-refractivity contribution in [3.05, 3.63) is 45.9 Å². The van der Waals surface area contributed by atoms with E-state index in [1.54, 1.807) is 25.5 Å². The van der Waals surface area contributed by atoms with Crippen molar-refractivity contribution in [2.24, 2.45) is 4.99 Å². The van der Waals surface area contributed by atoms with Gasteiger partial charge in [0.25, 0.3) is 0 Å². The number of aromatic nitrogens is 1. The maximum absolute atomic E-state index is 5.88. The van der Waals surface area contributed by atoms with Gasteiger partial charge in [0.05, 0.1) is 13.2 Å². The number of thiazole rings is 1. The first-order chi connectivity index (χ1) is 13.6. The van der Waals surface area contributed by atoms with Gasteiger partial charge in [-0.25, -0.2) is 4.98 Å². The van der Waals surface area contributed by atoms with E-state index in [2.05, 4.69) is 51.6 Å². The third-order valence-corrected chi connectivity index (χ3v) is 4.99. The number of nitrogens with one attached hydrogen (secondary N) is 2. The Morgan fingerprint density at radius 3 is 2.66 bits per heavy atom. The maximum atomic E-state index is 5.88. The van der Waals surface area contributed by atoms with Crippen molar-refractivity contribution in [3.63, 3.8) is 0 Å². The number of aliphatic imine (C=N–C) groups is 1. The number of aryl methyl sites for hydroxylation is 1. The molecular weight excluding hydrogens is 501 g/mol. The van der Waals surface area contributed by atoms with Gasteiger partial charge in [0, 0.05) is 44.9 Å². The summed E-state index contributed by atoms with van der Waals surface area (Å²) in [5, 5.41) is 7.66. The number of halogens is 1. The summed E-state index contributed by atoms with van der Waals surface area (Å²) in [6.07, 6.45) is 1.89. The van der Waals surface area contributed by atoms with Crippen molar-refractivity contribution >= 4 is 41.3 Å². The molecular formula is C20H32IN5O2S. The number of guanidine groups is 1. The average Bonchev–Trinajstić information content (AvgIpc) is 3.12. The minimum Gasteiger partial charge on any atom is -0.492 e. The Balaban J connectivity index is 0.00000420. The third-order valence-electron chi connectivity index (χ3n) is 4.08. The van der Waals surface area contributed by atoms with Crippen molar-refractivity contribution in [1.82, 2.24) is 20.5 Å². The van der Waals surface area contributed by atoms with Crippen molar-refractivity contribution in [1.29, 1.82) is 0 Å². The predicted molar refractivity (Wildman–Crippen MR) is 131 cm³/mol. The first-order valence-corrected chi connectivity index (χ1v) is 10.2. The fourth-order valence-electron chi connectivity index (χ4n) is 2.47. The monoisotopic (exact) mass is 533 g/mol. The Labute approximate surface area is 194 Å². The smallest absolute Gasteiger partial charge is 0.191 e. The van der Waals surface area contributed by atoms with Gasteiger partial charge in [-0.15, -0.1) is 35.3 Å². The second-order valence-electron chi connectivity index (χ2n) is 6.44. The lowest BCUT2D eigenvalue weighted by Gasteiger charge is -2.16. The molecule has 0 amide bonds. The lowest BCUT2D eigenvalue weighted by molar-refractivity contribution is 0.150. The van der Waals surface area contributed by atoms with Crippen LogP contribution in [0.1, 0.15) is 15.4 Å². The van der Waals surface area contributed by atoms with Crippen LogP contribution < -0.4 is 15.4 Å². The van der Waals surface area contributed by atoms with Crippen LogP contribution in [0, 0.1) is 6.92 Å². The van der Waals surface area contributed by atoms with Gasteiger partial charge in [-0.3, -0.25) is 4.99 Å². The van der Waals surface area contributed by atoms with Crippen LogP contribution in [0.25, 0.3) is 0 Å². The quantitative estimate of drug-likeness (QED) is 0.263. The van der Waals surface area contributed by atoms with E-state index < -0.39 is 0 Å². The summed E-state index contributed by atoms with van der Waals surface area (Å²) in [5.74, 6) is 1.62. The molecule has 0 aliphatic rings. The molecule has 7 nitrogen and oxygen atoms in total. The number of hydrogen-bond donors (Lipinski definition) is 2. The molecule has 29 heavy (non-hydrogen) atoms. The van der Waals surface area contributed by atoms with Gasteiger partial charge in [-0.1, -0.05) is 12.1 Å². The van der Waals surface area contributed by atoms with Gasteiger partial charge in [0.1, 0.15) is 17.4 Å². The standard InChI is InChI=1S/C20H31N5O2S.HI/c1-16-13-22-19(28-16)15-24-20(21-2)23-14-17-6-5-7-18(12-17)27-11-9-25(3)8-10-26-4;/h5-7,12-13H,8-11,14-15H2,1-4H3,(H2,21,23,24);1H. The molecule has 9 heteroatoms. The van der Waals surface area contributed by atoms with Crippen molar-refractivity contribution < 1.29 is 9.47 Å². The molecule has 2 N–H and O–H groups in total. The summed E-state index contributed by atoms with van der Waals surface area (Å²) < 4.78 is 11.0. The number of ether oxygens (including phenoxy) is 2. The van der Waals surface area contributed by atoms with Crippen LogP contribution in [0.15, 0.2) is 35.5 Å². The van der Waals surface area contributed by atoms with Crippen molar-refractivity contribution in [2.75, 3.05) is 47.5 Å². The van der Waals surface area contributed by atoms with E-state index in [9.17, 15) is 0 Å². The Morgan fingerprint density at radius 2 is 1.97 bits per heavy atom. The molecule has 1 aromatic heterocycles. The summed E-state index contributed by atoms with van der Waals surface area (Å²) in [7, 11) is 5.55.